The number of aromatic nitrogens is 1. The van der Waals surface area contributed by atoms with Gasteiger partial charge in [-0.2, -0.15) is 0 Å². The molecule has 0 aliphatic carbocycles. The van der Waals surface area contributed by atoms with Crippen LogP contribution in [0.2, 0.25) is 0 Å². The van der Waals surface area contributed by atoms with Crippen LogP contribution in [0.3, 0.4) is 0 Å². The van der Waals surface area contributed by atoms with Crippen molar-refractivity contribution < 1.29 is 0 Å². The molecule has 4 rings (SSSR count). The molecule has 2 heteroatoms. The number of fused-ring (bicyclic) bond motifs is 3. The SMILES string of the molecule is CCn1c2ccccc2c2cc(CNC(C)c3ccccc3)ccc21. The standard InChI is InChI=1S/C23H24N2/c1-3-25-22-12-8-7-11-20(22)21-15-18(13-14-23(21)25)16-24-17(2)19-9-5-4-6-10-19/h4-15,17,24H,3,16H2,1-2H3. The van der Waals surface area contributed by atoms with Gasteiger partial charge >= 0.3 is 0 Å². The first kappa shape index (κ1) is 15.9. The van der Waals surface area contributed by atoms with E-state index in [9.17, 15) is 0 Å². The molecule has 4 aromatic rings. The second-order valence-electron chi connectivity index (χ2n) is 6.63. The second-order valence-corrected chi connectivity index (χ2v) is 6.63. The Morgan fingerprint density at radius 1 is 0.840 bits per heavy atom. The summed E-state index contributed by atoms with van der Waals surface area (Å²) in [4.78, 5) is 0. The number of para-hydroxylation sites is 1. The maximum atomic E-state index is 3.64. The van der Waals surface area contributed by atoms with Crippen molar-refractivity contribution in [1.82, 2.24) is 9.88 Å². The fraction of sp³-hybridized carbons (Fsp3) is 0.217. The Morgan fingerprint density at radius 3 is 2.36 bits per heavy atom. The van der Waals surface area contributed by atoms with Crippen molar-refractivity contribution in [3.63, 3.8) is 0 Å². The Kier molecular flexibility index (Phi) is 4.29. The molecule has 0 saturated heterocycles. The zero-order valence-electron chi connectivity index (χ0n) is 14.9. The van der Waals surface area contributed by atoms with Gasteiger partial charge in [-0.3, -0.25) is 0 Å². The Hall–Kier alpha value is -2.58. The first-order valence-electron chi connectivity index (χ1n) is 9.06. The van der Waals surface area contributed by atoms with Crippen molar-refractivity contribution in [2.24, 2.45) is 0 Å². The largest absolute Gasteiger partial charge is 0.341 e. The Labute approximate surface area is 149 Å². The van der Waals surface area contributed by atoms with E-state index in [4.69, 9.17) is 0 Å². The molecule has 0 aliphatic rings. The molecule has 0 bridgehead atoms. The van der Waals surface area contributed by atoms with E-state index in [0.717, 1.165) is 13.1 Å². The van der Waals surface area contributed by atoms with Crippen LogP contribution in [-0.2, 0) is 13.1 Å². The van der Waals surface area contributed by atoms with Gasteiger partial charge in [-0.05, 0) is 43.2 Å². The van der Waals surface area contributed by atoms with Gasteiger partial charge in [0.1, 0.15) is 0 Å². The highest BCUT2D eigenvalue weighted by Gasteiger charge is 2.10. The third-order valence-electron chi connectivity index (χ3n) is 5.06. The third kappa shape index (κ3) is 2.94. The summed E-state index contributed by atoms with van der Waals surface area (Å²) in [5, 5.41) is 6.34. The summed E-state index contributed by atoms with van der Waals surface area (Å²) < 4.78 is 2.40. The summed E-state index contributed by atoms with van der Waals surface area (Å²) in [6.45, 7) is 6.30. The lowest BCUT2D eigenvalue weighted by atomic mass is 10.1. The predicted octanol–water partition coefficient (Wildman–Crippen LogP) is 5.67. The Morgan fingerprint density at radius 2 is 1.56 bits per heavy atom. The fourth-order valence-corrected chi connectivity index (χ4v) is 3.68. The van der Waals surface area contributed by atoms with E-state index in [0.29, 0.717) is 6.04 Å². The van der Waals surface area contributed by atoms with E-state index in [1.165, 1.54) is 32.9 Å². The first-order chi connectivity index (χ1) is 12.3. The molecule has 0 saturated carbocycles. The van der Waals surface area contributed by atoms with Crippen LogP contribution in [-0.4, -0.2) is 4.57 Å². The number of hydrogen-bond donors (Lipinski definition) is 1. The van der Waals surface area contributed by atoms with Crippen LogP contribution in [0, 0.1) is 0 Å². The van der Waals surface area contributed by atoms with Crippen molar-refractivity contribution in [2.75, 3.05) is 0 Å². The second kappa shape index (κ2) is 6.73. The minimum Gasteiger partial charge on any atom is -0.341 e. The molecule has 0 radical (unpaired) electrons. The van der Waals surface area contributed by atoms with E-state index in [1.54, 1.807) is 0 Å². The molecule has 1 unspecified atom stereocenters. The highest BCUT2D eigenvalue weighted by atomic mass is 15.0. The highest BCUT2D eigenvalue weighted by molar-refractivity contribution is 6.08. The Balaban J connectivity index is 1.64. The van der Waals surface area contributed by atoms with Crippen LogP contribution in [0.5, 0.6) is 0 Å². The van der Waals surface area contributed by atoms with Crippen LogP contribution in [0.15, 0.2) is 72.8 Å². The molecule has 1 atom stereocenters. The van der Waals surface area contributed by atoms with E-state index in [1.807, 2.05) is 0 Å². The molecular formula is C23H24N2. The van der Waals surface area contributed by atoms with Crippen molar-refractivity contribution >= 4 is 21.8 Å². The van der Waals surface area contributed by atoms with Gasteiger partial charge in [-0.1, -0.05) is 54.6 Å². The van der Waals surface area contributed by atoms with Crippen LogP contribution in [0.25, 0.3) is 21.8 Å². The summed E-state index contributed by atoms with van der Waals surface area (Å²) in [6.07, 6.45) is 0. The normalized spacial score (nSPS) is 12.7. The molecule has 0 fully saturated rings. The van der Waals surface area contributed by atoms with E-state index in [2.05, 4.69) is 96.5 Å². The fourth-order valence-electron chi connectivity index (χ4n) is 3.68. The molecule has 126 valence electrons. The summed E-state index contributed by atoms with van der Waals surface area (Å²) in [5.41, 5.74) is 5.30. The average Bonchev–Trinajstić information content (AvgIpc) is 3.00. The number of benzene rings is 3. The molecule has 1 heterocycles. The molecular weight excluding hydrogens is 304 g/mol. The molecule has 1 aromatic heterocycles. The summed E-state index contributed by atoms with van der Waals surface area (Å²) in [5.74, 6) is 0. The molecule has 1 N–H and O–H groups in total. The zero-order chi connectivity index (χ0) is 17.2. The lowest BCUT2D eigenvalue weighted by Crippen LogP contribution is -2.17. The monoisotopic (exact) mass is 328 g/mol. The van der Waals surface area contributed by atoms with Crippen LogP contribution in [0.4, 0.5) is 0 Å². The van der Waals surface area contributed by atoms with E-state index < -0.39 is 0 Å². The average molecular weight is 328 g/mol. The van der Waals surface area contributed by atoms with Crippen LogP contribution < -0.4 is 5.32 Å². The quantitative estimate of drug-likeness (QED) is 0.500. The number of nitrogens with one attached hydrogen (secondary N) is 1. The van der Waals surface area contributed by atoms with Crippen LogP contribution >= 0.6 is 0 Å². The maximum absolute atomic E-state index is 3.64. The molecule has 0 aliphatic heterocycles. The van der Waals surface area contributed by atoms with Gasteiger partial charge in [0, 0.05) is 40.9 Å². The van der Waals surface area contributed by atoms with Crippen molar-refractivity contribution in [1.29, 1.82) is 0 Å². The van der Waals surface area contributed by atoms with Gasteiger partial charge in [0.15, 0.2) is 0 Å². The van der Waals surface area contributed by atoms with Gasteiger partial charge in [-0.25, -0.2) is 0 Å². The number of aryl methyl sites for hydroxylation is 1. The summed E-state index contributed by atoms with van der Waals surface area (Å²) in [6, 6.07) is 26.5. The van der Waals surface area contributed by atoms with E-state index >= 15 is 0 Å². The molecule has 25 heavy (non-hydrogen) atoms. The van der Waals surface area contributed by atoms with Crippen LogP contribution in [0.1, 0.15) is 31.0 Å². The smallest absolute Gasteiger partial charge is 0.0491 e. The third-order valence-corrected chi connectivity index (χ3v) is 5.06. The van der Waals surface area contributed by atoms with Gasteiger partial charge in [0.05, 0.1) is 0 Å². The lowest BCUT2D eigenvalue weighted by molar-refractivity contribution is 0.575. The molecule has 0 amide bonds. The highest BCUT2D eigenvalue weighted by Crippen LogP contribution is 2.29. The zero-order valence-corrected chi connectivity index (χ0v) is 14.9. The van der Waals surface area contributed by atoms with Gasteiger partial charge in [-0.15, -0.1) is 0 Å². The summed E-state index contributed by atoms with van der Waals surface area (Å²) >= 11 is 0. The number of nitrogens with zero attached hydrogens (tertiary/aromatic N) is 1. The van der Waals surface area contributed by atoms with Crippen molar-refractivity contribution in [3.8, 4) is 0 Å². The topological polar surface area (TPSA) is 17.0 Å². The minimum atomic E-state index is 0.342. The van der Waals surface area contributed by atoms with Crippen molar-refractivity contribution in [3.05, 3.63) is 83.9 Å². The first-order valence-corrected chi connectivity index (χ1v) is 9.06. The predicted molar refractivity (Wildman–Crippen MR) is 107 cm³/mol. The van der Waals surface area contributed by atoms with Gasteiger partial charge in [0.25, 0.3) is 0 Å². The number of rotatable bonds is 5. The lowest BCUT2D eigenvalue weighted by Gasteiger charge is -2.14. The number of hydrogen-bond acceptors (Lipinski definition) is 1. The minimum absolute atomic E-state index is 0.342. The van der Waals surface area contributed by atoms with Crippen molar-refractivity contribution in [2.45, 2.75) is 33.0 Å². The maximum Gasteiger partial charge on any atom is 0.0491 e. The van der Waals surface area contributed by atoms with Gasteiger partial charge < -0.3 is 9.88 Å². The molecule has 2 nitrogen and oxygen atoms in total. The Bertz CT molecular complexity index is 999. The van der Waals surface area contributed by atoms with E-state index in [-0.39, 0.29) is 0 Å². The molecule has 3 aromatic carbocycles. The van der Waals surface area contributed by atoms with Gasteiger partial charge in [0.2, 0.25) is 0 Å². The summed E-state index contributed by atoms with van der Waals surface area (Å²) in [7, 11) is 0. The molecule has 0 spiro atoms.